The Hall–Kier alpha value is -1.48. The summed E-state index contributed by atoms with van der Waals surface area (Å²) in [6.07, 6.45) is 0. The van der Waals surface area contributed by atoms with E-state index in [4.69, 9.17) is 0 Å². The van der Waals surface area contributed by atoms with E-state index >= 15 is 0 Å². The van der Waals surface area contributed by atoms with Gasteiger partial charge in [-0.25, -0.2) is 0 Å². The summed E-state index contributed by atoms with van der Waals surface area (Å²) in [5.74, 6) is 0. The molecule has 3 heteroatoms. The van der Waals surface area contributed by atoms with Crippen molar-refractivity contribution < 1.29 is 0 Å². The molecule has 0 aliphatic carbocycles. The van der Waals surface area contributed by atoms with Crippen LogP contribution in [0.2, 0.25) is 0 Å². The summed E-state index contributed by atoms with van der Waals surface area (Å²) in [4.78, 5) is 3.43. The first kappa shape index (κ1) is 7.88. The zero-order valence-electron chi connectivity index (χ0n) is 7.93. The van der Waals surface area contributed by atoms with Gasteiger partial charge in [0.1, 0.15) is 0 Å². The summed E-state index contributed by atoms with van der Waals surface area (Å²) >= 11 is 0. The van der Waals surface area contributed by atoms with Crippen molar-refractivity contribution >= 4 is 16.6 Å². The summed E-state index contributed by atoms with van der Waals surface area (Å²) in [5, 5.41) is 8.12. The number of aromatic nitrogens is 1. The van der Waals surface area contributed by atoms with E-state index in [0.717, 1.165) is 19.6 Å². The highest BCUT2D eigenvalue weighted by Crippen LogP contribution is 2.27. The van der Waals surface area contributed by atoms with Gasteiger partial charge in [0, 0.05) is 30.5 Å². The van der Waals surface area contributed by atoms with Crippen molar-refractivity contribution in [2.45, 2.75) is 6.54 Å². The molecule has 3 rings (SSSR count). The van der Waals surface area contributed by atoms with E-state index in [0.29, 0.717) is 0 Å². The predicted octanol–water partition coefficient (Wildman–Crippen LogP) is 1.68. The van der Waals surface area contributed by atoms with Crippen LogP contribution in [0.4, 0.5) is 5.69 Å². The molecule has 2 aromatic rings. The largest absolute Gasteiger partial charge is 0.382 e. The molecule has 1 aliphatic rings. The van der Waals surface area contributed by atoms with Gasteiger partial charge in [0.2, 0.25) is 0 Å². The van der Waals surface area contributed by atoms with Crippen LogP contribution < -0.4 is 10.6 Å². The second-order valence-corrected chi connectivity index (χ2v) is 3.63. The number of anilines is 1. The van der Waals surface area contributed by atoms with E-state index in [1.807, 2.05) is 0 Å². The van der Waals surface area contributed by atoms with Crippen LogP contribution in [0.3, 0.4) is 0 Å². The molecule has 1 aromatic heterocycles. The Labute approximate surface area is 82.5 Å². The predicted molar refractivity (Wildman–Crippen MR) is 58.5 cm³/mol. The zero-order valence-corrected chi connectivity index (χ0v) is 7.93. The first-order chi connectivity index (χ1) is 6.95. The molecule has 0 atom stereocenters. The van der Waals surface area contributed by atoms with Crippen molar-refractivity contribution in [1.82, 2.24) is 10.3 Å². The summed E-state index contributed by atoms with van der Waals surface area (Å²) in [5.41, 5.74) is 3.75. The normalized spacial score (nSPS) is 16.0. The van der Waals surface area contributed by atoms with Crippen LogP contribution in [-0.4, -0.2) is 18.1 Å². The van der Waals surface area contributed by atoms with E-state index < -0.39 is 0 Å². The lowest BCUT2D eigenvalue weighted by Gasteiger charge is -2.00. The van der Waals surface area contributed by atoms with Gasteiger partial charge in [0.25, 0.3) is 0 Å². The molecule has 3 N–H and O–H groups in total. The Kier molecular flexibility index (Phi) is 1.70. The third-order valence-electron chi connectivity index (χ3n) is 2.69. The van der Waals surface area contributed by atoms with E-state index in [-0.39, 0.29) is 0 Å². The Morgan fingerprint density at radius 3 is 3.00 bits per heavy atom. The average molecular weight is 187 g/mol. The van der Waals surface area contributed by atoms with Gasteiger partial charge in [-0.2, -0.15) is 0 Å². The standard InChI is InChI=1S/C11H13N3/c1-2-4-9-8(3-1)11-10(14-9)7-12-5-6-13-11/h1-4,12-14H,5-7H2. The van der Waals surface area contributed by atoms with Gasteiger partial charge >= 0.3 is 0 Å². The maximum absolute atomic E-state index is 3.45. The van der Waals surface area contributed by atoms with E-state index in [2.05, 4.69) is 39.9 Å². The van der Waals surface area contributed by atoms with Gasteiger partial charge in [-0.1, -0.05) is 18.2 Å². The lowest BCUT2D eigenvalue weighted by atomic mass is 10.2. The van der Waals surface area contributed by atoms with Crippen molar-refractivity contribution in [3.63, 3.8) is 0 Å². The fraction of sp³-hybridized carbons (Fsp3) is 0.273. The lowest BCUT2D eigenvalue weighted by Crippen LogP contribution is -2.17. The van der Waals surface area contributed by atoms with Crippen LogP contribution in [0.5, 0.6) is 0 Å². The molecular formula is C11H13N3. The SMILES string of the molecule is c1ccc2c3c([nH]c2c1)CNCCN3. The number of benzene rings is 1. The van der Waals surface area contributed by atoms with E-state index in [1.165, 1.54) is 22.3 Å². The molecule has 0 bridgehead atoms. The summed E-state index contributed by atoms with van der Waals surface area (Å²) < 4.78 is 0. The van der Waals surface area contributed by atoms with Crippen LogP contribution in [0.15, 0.2) is 24.3 Å². The molecule has 14 heavy (non-hydrogen) atoms. The number of nitrogens with one attached hydrogen (secondary N) is 3. The Balaban J connectivity index is 2.24. The summed E-state index contributed by atoms with van der Waals surface area (Å²) in [6, 6.07) is 8.41. The highest BCUT2D eigenvalue weighted by Gasteiger charge is 2.12. The molecule has 3 nitrogen and oxygen atoms in total. The highest BCUT2D eigenvalue weighted by molar-refractivity contribution is 5.94. The van der Waals surface area contributed by atoms with Gasteiger partial charge in [-0.3, -0.25) is 0 Å². The number of fused-ring (bicyclic) bond motifs is 3. The molecule has 1 aliphatic heterocycles. The smallest absolute Gasteiger partial charge is 0.0645 e. The molecule has 0 unspecified atom stereocenters. The molecule has 72 valence electrons. The number of hydrogen-bond donors (Lipinski definition) is 3. The number of H-pyrrole nitrogens is 1. The van der Waals surface area contributed by atoms with Gasteiger partial charge in [-0.05, 0) is 6.07 Å². The fourth-order valence-corrected chi connectivity index (χ4v) is 2.02. The summed E-state index contributed by atoms with van der Waals surface area (Å²) in [7, 11) is 0. The van der Waals surface area contributed by atoms with E-state index in [1.54, 1.807) is 0 Å². The first-order valence-electron chi connectivity index (χ1n) is 4.99. The molecule has 0 fully saturated rings. The van der Waals surface area contributed by atoms with Crippen molar-refractivity contribution in [2.75, 3.05) is 18.4 Å². The van der Waals surface area contributed by atoms with Crippen molar-refractivity contribution in [2.24, 2.45) is 0 Å². The lowest BCUT2D eigenvalue weighted by molar-refractivity contribution is 0.715. The van der Waals surface area contributed by atoms with Crippen LogP contribution in [-0.2, 0) is 6.54 Å². The minimum atomic E-state index is 0.928. The topological polar surface area (TPSA) is 39.9 Å². The molecule has 1 aromatic carbocycles. The molecular weight excluding hydrogens is 174 g/mol. The number of rotatable bonds is 0. The minimum Gasteiger partial charge on any atom is -0.382 e. The maximum Gasteiger partial charge on any atom is 0.0645 e. The zero-order chi connectivity index (χ0) is 9.38. The van der Waals surface area contributed by atoms with E-state index in [9.17, 15) is 0 Å². The Morgan fingerprint density at radius 1 is 1.07 bits per heavy atom. The molecule has 0 radical (unpaired) electrons. The summed E-state index contributed by atoms with van der Waals surface area (Å²) in [6.45, 7) is 2.95. The molecule has 0 saturated heterocycles. The van der Waals surface area contributed by atoms with Crippen molar-refractivity contribution in [1.29, 1.82) is 0 Å². The monoisotopic (exact) mass is 187 g/mol. The fourth-order valence-electron chi connectivity index (χ4n) is 2.02. The first-order valence-corrected chi connectivity index (χ1v) is 4.99. The number of aromatic amines is 1. The second-order valence-electron chi connectivity index (χ2n) is 3.63. The number of hydrogen-bond acceptors (Lipinski definition) is 2. The van der Waals surface area contributed by atoms with Crippen LogP contribution >= 0.6 is 0 Å². The van der Waals surface area contributed by atoms with Crippen LogP contribution in [0, 0.1) is 0 Å². The second kappa shape index (κ2) is 3.03. The van der Waals surface area contributed by atoms with Gasteiger partial charge in [0.15, 0.2) is 0 Å². The minimum absolute atomic E-state index is 0.928. The van der Waals surface area contributed by atoms with Crippen LogP contribution in [0.25, 0.3) is 10.9 Å². The maximum atomic E-state index is 3.45. The highest BCUT2D eigenvalue weighted by atomic mass is 15.0. The van der Waals surface area contributed by atoms with Crippen molar-refractivity contribution in [3.8, 4) is 0 Å². The Morgan fingerprint density at radius 2 is 2.00 bits per heavy atom. The third kappa shape index (κ3) is 1.09. The Bertz CT molecular complexity index is 459. The van der Waals surface area contributed by atoms with Crippen molar-refractivity contribution in [3.05, 3.63) is 30.0 Å². The number of para-hydroxylation sites is 1. The van der Waals surface area contributed by atoms with Gasteiger partial charge < -0.3 is 15.6 Å². The van der Waals surface area contributed by atoms with Gasteiger partial charge in [-0.15, -0.1) is 0 Å². The van der Waals surface area contributed by atoms with Crippen LogP contribution in [0.1, 0.15) is 5.69 Å². The quantitative estimate of drug-likeness (QED) is 0.587. The average Bonchev–Trinajstić information content (AvgIpc) is 2.42. The molecule has 0 spiro atoms. The molecule has 2 heterocycles. The van der Waals surface area contributed by atoms with Gasteiger partial charge in [0.05, 0.1) is 11.4 Å². The molecule has 0 saturated carbocycles. The third-order valence-corrected chi connectivity index (χ3v) is 2.69. The molecule has 0 amide bonds.